The fraction of sp³-hybridized carbons (Fsp3) is 0.529. The van der Waals surface area contributed by atoms with E-state index in [-0.39, 0.29) is 0 Å². The third-order valence-corrected chi connectivity index (χ3v) is 2.86. The van der Waals surface area contributed by atoms with Gasteiger partial charge in [0.15, 0.2) is 0 Å². The maximum Gasteiger partial charge on any atom is 0.408 e. The molecule has 3 N–H and O–H groups in total. The lowest BCUT2D eigenvalue weighted by Crippen LogP contribution is -2.44. The molecular formula is C17H27N3O3. The molecule has 1 atom stereocenters. The van der Waals surface area contributed by atoms with Crippen LogP contribution in [0.5, 0.6) is 5.75 Å². The third kappa shape index (κ3) is 8.83. The molecule has 0 aliphatic heterocycles. The number of nitrogens with two attached hydrogens (primary N) is 1. The van der Waals surface area contributed by atoms with Crippen molar-refractivity contribution in [3.05, 3.63) is 29.8 Å². The van der Waals surface area contributed by atoms with Crippen LogP contribution in [0.4, 0.5) is 4.79 Å². The number of nitrogens with one attached hydrogen (secondary N) is 1. The molecule has 0 radical (unpaired) electrons. The Morgan fingerprint density at radius 3 is 2.57 bits per heavy atom. The predicted molar refractivity (Wildman–Crippen MR) is 92.0 cm³/mol. The van der Waals surface area contributed by atoms with Crippen LogP contribution >= 0.6 is 0 Å². The Kier molecular flexibility index (Phi) is 7.54. The van der Waals surface area contributed by atoms with Gasteiger partial charge in [-0.1, -0.05) is 0 Å². The number of hydrogen-bond donors (Lipinski definition) is 2. The van der Waals surface area contributed by atoms with Crippen LogP contribution in [0, 0.1) is 0 Å². The van der Waals surface area contributed by atoms with Gasteiger partial charge in [0.05, 0.1) is 13.3 Å². The summed E-state index contributed by atoms with van der Waals surface area (Å²) in [7, 11) is 1.64. The van der Waals surface area contributed by atoms with Crippen molar-refractivity contribution in [1.82, 2.24) is 5.32 Å². The SMILES string of the molecule is COc1ccc(/C=N/CCCC(N)NC(=O)OC(C)(C)C)cc1. The molecule has 1 aromatic carbocycles. The lowest BCUT2D eigenvalue weighted by molar-refractivity contribution is 0.0503. The number of carbonyl (C=O) groups is 1. The zero-order valence-corrected chi connectivity index (χ0v) is 14.3. The lowest BCUT2D eigenvalue weighted by Gasteiger charge is -2.21. The summed E-state index contributed by atoms with van der Waals surface area (Å²) in [6, 6.07) is 7.67. The van der Waals surface area contributed by atoms with Crippen LogP contribution in [-0.4, -0.2) is 37.7 Å². The fourth-order valence-electron chi connectivity index (χ4n) is 1.79. The van der Waals surface area contributed by atoms with Gasteiger partial charge in [0.1, 0.15) is 11.4 Å². The van der Waals surface area contributed by atoms with Gasteiger partial charge in [-0.15, -0.1) is 0 Å². The summed E-state index contributed by atoms with van der Waals surface area (Å²) >= 11 is 0. The molecule has 0 fully saturated rings. The second-order valence-corrected chi connectivity index (χ2v) is 6.20. The number of aliphatic imine (C=N–C) groups is 1. The molecule has 0 bridgehead atoms. The third-order valence-electron chi connectivity index (χ3n) is 2.86. The van der Waals surface area contributed by atoms with Crippen LogP contribution in [0.15, 0.2) is 29.3 Å². The van der Waals surface area contributed by atoms with Crippen molar-refractivity contribution in [2.24, 2.45) is 10.7 Å². The molecule has 1 aromatic rings. The number of amides is 1. The molecule has 6 heteroatoms. The Labute approximate surface area is 138 Å². The average Bonchev–Trinajstić information content (AvgIpc) is 2.45. The quantitative estimate of drug-likeness (QED) is 0.459. The Balaban J connectivity index is 2.22. The van der Waals surface area contributed by atoms with E-state index in [4.69, 9.17) is 15.2 Å². The Bertz CT molecular complexity index is 507. The van der Waals surface area contributed by atoms with Gasteiger partial charge < -0.3 is 20.5 Å². The van der Waals surface area contributed by atoms with E-state index in [1.165, 1.54) is 0 Å². The maximum absolute atomic E-state index is 11.5. The highest BCUT2D eigenvalue weighted by Crippen LogP contribution is 2.10. The summed E-state index contributed by atoms with van der Waals surface area (Å²) < 4.78 is 10.2. The van der Waals surface area contributed by atoms with Crippen LogP contribution in [0.2, 0.25) is 0 Å². The Morgan fingerprint density at radius 2 is 2.00 bits per heavy atom. The number of alkyl carbamates (subject to hydrolysis) is 1. The summed E-state index contributed by atoms with van der Waals surface area (Å²) in [5.74, 6) is 0.821. The van der Waals surface area contributed by atoms with Crippen LogP contribution < -0.4 is 15.8 Å². The van der Waals surface area contributed by atoms with Gasteiger partial charge in [-0.3, -0.25) is 4.99 Å². The zero-order valence-electron chi connectivity index (χ0n) is 14.3. The monoisotopic (exact) mass is 321 g/mol. The minimum absolute atomic E-state index is 0.430. The van der Waals surface area contributed by atoms with Crippen molar-refractivity contribution >= 4 is 12.3 Å². The van der Waals surface area contributed by atoms with Gasteiger partial charge in [-0.25, -0.2) is 4.79 Å². The molecule has 0 heterocycles. The minimum atomic E-state index is -0.521. The fourth-order valence-corrected chi connectivity index (χ4v) is 1.79. The molecule has 6 nitrogen and oxygen atoms in total. The van der Waals surface area contributed by atoms with Gasteiger partial charge in [-0.05, 0) is 63.4 Å². The molecule has 128 valence electrons. The molecule has 1 amide bonds. The summed E-state index contributed by atoms with van der Waals surface area (Å²) in [6.45, 7) is 6.08. The van der Waals surface area contributed by atoms with E-state index >= 15 is 0 Å². The Morgan fingerprint density at radius 1 is 1.35 bits per heavy atom. The van der Waals surface area contributed by atoms with E-state index < -0.39 is 17.9 Å². The van der Waals surface area contributed by atoms with Gasteiger partial charge in [0, 0.05) is 12.8 Å². The van der Waals surface area contributed by atoms with Crippen LogP contribution in [0.25, 0.3) is 0 Å². The molecule has 0 saturated heterocycles. The number of methoxy groups -OCH3 is 1. The van der Waals surface area contributed by atoms with E-state index in [9.17, 15) is 4.79 Å². The van der Waals surface area contributed by atoms with E-state index in [2.05, 4.69) is 10.3 Å². The van der Waals surface area contributed by atoms with Crippen molar-refractivity contribution in [2.45, 2.75) is 45.4 Å². The maximum atomic E-state index is 11.5. The molecule has 0 aromatic heterocycles. The molecule has 0 aliphatic rings. The summed E-state index contributed by atoms with van der Waals surface area (Å²) in [6.07, 6.45) is 2.31. The molecule has 0 saturated carbocycles. The first-order valence-electron chi connectivity index (χ1n) is 7.69. The number of benzene rings is 1. The zero-order chi connectivity index (χ0) is 17.3. The van der Waals surface area contributed by atoms with Crippen molar-refractivity contribution in [3.8, 4) is 5.75 Å². The number of hydrogen-bond acceptors (Lipinski definition) is 5. The number of nitrogens with zero attached hydrogens (tertiary/aromatic N) is 1. The van der Waals surface area contributed by atoms with Gasteiger partial charge >= 0.3 is 6.09 Å². The van der Waals surface area contributed by atoms with Crippen LogP contribution in [0.3, 0.4) is 0 Å². The summed E-state index contributed by atoms with van der Waals surface area (Å²) in [5.41, 5.74) is 6.34. The molecule has 0 aliphatic carbocycles. The topological polar surface area (TPSA) is 85.9 Å². The predicted octanol–water partition coefficient (Wildman–Crippen LogP) is 2.70. The van der Waals surface area contributed by atoms with E-state index in [1.807, 2.05) is 51.3 Å². The van der Waals surface area contributed by atoms with E-state index in [0.717, 1.165) is 17.7 Å². The highest BCUT2D eigenvalue weighted by Gasteiger charge is 2.17. The molecule has 23 heavy (non-hydrogen) atoms. The van der Waals surface area contributed by atoms with E-state index in [1.54, 1.807) is 7.11 Å². The van der Waals surface area contributed by atoms with Gasteiger partial charge in [0.25, 0.3) is 0 Å². The smallest absolute Gasteiger partial charge is 0.408 e. The second-order valence-electron chi connectivity index (χ2n) is 6.20. The van der Waals surface area contributed by atoms with Crippen molar-refractivity contribution in [2.75, 3.05) is 13.7 Å². The number of carbonyl (C=O) groups excluding carboxylic acids is 1. The molecular weight excluding hydrogens is 294 g/mol. The first kappa shape index (κ1) is 19.0. The summed E-state index contributed by atoms with van der Waals surface area (Å²) in [5, 5.41) is 2.61. The number of rotatable bonds is 7. The minimum Gasteiger partial charge on any atom is -0.497 e. The van der Waals surface area contributed by atoms with Crippen LogP contribution in [-0.2, 0) is 4.74 Å². The van der Waals surface area contributed by atoms with Gasteiger partial charge in [0.2, 0.25) is 0 Å². The molecule has 0 spiro atoms. The molecule has 1 unspecified atom stereocenters. The highest BCUT2D eigenvalue weighted by atomic mass is 16.6. The largest absolute Gasteiger partial charge is 0.497 e. The average molecular weight is 321 g/mol. The standard InChI is InChI=1S/C17H27N3O3/c1-17(2,3)23-16(21)20-15(18)6-5-11-19-12-13-7-9-14(22-4)10-8-13/h7-10,12,15H,5-6,11,18H2,1-4H3,(H,20,21)/b19-12+. The van der Waals surface area contributed by atoms with E-state index in [0.29, 0.717) is 13.0 Å². The van der Waals surface area contributed by atoms with Crippen LogP contribution in [0.1, 0.15) is 39.2 Å². The summed E-state index contributed by atoms with van der Waals surface area (Å²) in [4.78, 5) is 15.9. The first-order valence-corrected chi connectivity index (χ1v) is 7.69. The second kappa shape index (κ2) is 9.15. The molecule has 1 rings (SSSR count). The highest BCUT2D eigenvalue weighted by molar-refractivity contribution is 5.79. The lowest BCUT2D eigenvalue weighted by atomic mass is 10.2. The first-order chi connectivity index (χ1) is 10.8. The number of ether oxygens (including phenoxy) is 2. The van der Waals surface area contributed by atoms with Gasteiger partial charge in [-0.2, -0.15) is 0 Å². The Hall–Kier alpha value is -2.08. The van der Waals surface area contributed by atoms with Crippen molar-refractivity contribution in [1.29, 1.82) is 0 Å². The van der Waals surface area contributed by atoms with Crippen molar-refractivity contribution < 1.29 is 14.3 Å². The normalized spacial score (nSPS) is 12.9. The van der Waals surface area contributed by atoms with Crippen molar-refractivity contribution in [3.63, 3.8) is 0 Å².